The van der Waals surface area contributed by atoms with Crippen LogP contribution in [0.1, 0.15) is 68.2 Å². The fourth-order valence-electron chi connectivity index (χ4n) is 5.05. The van der Waals surface area contributed by atoms with Crippen molar-refractivity contribution in [3.05, 3.63) is 60.7 Å². The van der Waals surface area contributed by atoms with E-state index in [0.29, 0.717) is 12.8 Å². The van der Waals surface area contributed by atoms with E-state index in [4.69, 9.17) is 9.16 Å². The molecule has 1 saturated heterocycles. The molecule has 1 fully saturated rings. The van der Waals surface area contributed by atoms with E-state index in [0.717, 1.165) is 0 Å². The maximum atomic E-state index is 13.2. The van der Waals surface area contributed by atoms with Gasteiger partial charge in [-0.2, -0.15) is 0 Å². The second-order valence-electron chi connectivity index (χ2n) is 12.2. The molecule has 0 saturated carbocycles. The summed E-state index contributed by atoms with van der Waals surface area (Å²) >= 11 is 0. The zero-order valence-electron chi connectivity index (χ0n) is 22.6. The number of piperidine rings is 1. The first kappa shape index (κ1) is 27.1. The third-order valence-corrected chi connectivity index (χ3v) is 11.9. The summed E-state index contributed by atoms with van der Waals surface area (Å²) in [6.07, 6.45) is 0.424. The fourth-order valence-corrected chi connectivity index (χ4v) is 9.61. The van der Waals surface area contributed by atoms with Crippen LogP contribution in [0.5, 0.6) is 0 Å². The molecule has 0 radical (unpaired) electrons. The molecule has 0 aliphatic carbocycles. The predicted molar refractivity (Wildman–Crippen MR) is 143 cm³/mol. The maximum Gasteiger partial charge on any atom is 0.417 e. The first-order chi connectivity index (χ1) is 16.2. The number of hydrogen-bond acceptors (Lipinski definition) is 4. The van der Waals surface area contributed by atoms with Gasteiger partial charge in [-0.1, -0.05) is 95.3 Å². The van der Waals surface area contributed by atoms with Crippen molar-refractivity contribution < 1.29 is 18.8 Å². The highest BCUT2D eigenvalue weighted by molar-refractivity contribution is 6.99. The summed E-state index contributed by atoms with van der Waals surface area (Å²) in [5, 5.41) is 2.14. The van der Waals surface area contributed by atoms with Crippen LogP contribution >= 0.6 is 0 Å². The minimum absolute atomic E-state index is 0.199. The van der Waals surface area contributed by atoms with Gasteiger partial charge in [0.1, 0.15) is 5.60 Å². The largest absolute Gasteiger partial charge is 0.443 e. The van der Waals surface area contributed by atoms with Crippen molar-refractivity contribution in [2.75, 3.05) is 6.61 Å². The second-order valence-corrected chi connectivity index (χ2v) is 16.5. The predicted octanol–water partition coefficient (Wildman–Crippen LogP) is 5.52. The van der Waals surface area contributed by atoms with Crippen LogP contribution in [0.25, 0.3) is 0 Å². The molecule has 190 valence electrons. The van der Waals surface area contributed by atoms with E-state index < -0.39 is 26.1 Å². The summed E-state index contributed by atoms with van der Waals surface area (Å²) in [6, 6.07) is 20.4. The molecule has 3 rings (SSSR count). The van der Waals surface area contributed by atoms with Crippen LogP contribution in [0.2, 0.25) is 5.04 Å². The Morgan fingerprint density at radius 2 is 1.43 bits per heavy atom. The molecule has 2 amide bonds. The summed E-state index contributed by atoms with van der Waals surface area (Å²) in [7, 11) is -2.82. The molecule has 1 heterocycles. The number of carbonyl (C=O) groups is 2. The van der Waals surface area contributed by atoms with Gasteiger partial charge in [-0.05, 0) is 48.0 Å². The molecule has 0 spiro atoms. The van der Waals surface area contributed by atoms with E-state index in [1.807, 2.05) is 32.9 Å². The van der Waals surface area contributed by atoms with Gasteiger partial charge < -0.3 is 9.16 Å². The van der Waals surface area contributed by atoms with Crippen LogP contribution in [0.4, 0.5) is 4.79 Å². The first-order valence-electron chi connectivity index (χ1n) is 12.5. The van der Waals surface area contributed by atoms with Crippen molar-refractivity contribution in [3.63, 3.8) is 0 Å². The lowest BCUT2D eigenvalue weighted by molar-refractivity contribution is -0.142. The van der Waals surface area contributed by atoms with Crippen LogP contribution in [0.3, 0.4) is 0 Å². The number of imide groups is 1. The number of nitrogens with zero attached hydrogens (tertiary/aromatic N) is 1. The summed E-state index contributed by atoms with van der Waals surface area (Å²) in [5.74, 6) is -0.199. The van der Waals surface area contributed by atoms with Crippen LogP contribution < -0.4 is 10.4 Å². The standard InChI is InChI=1S/C29H41NO4Si/c1-27(2,3)34-26(32)30-24(29(7,8)20-19-25(30)31)21-33-35(28(4,5)6,22-15-11-9-12-16-22)23-17-13-10-14-18-23/h9-18,24H,19-21H2,1-8H3. The van der Waals surface area contributed by atoms with E-state index in [1.54, 1.807) is 0 Å². The molecule has 1 atom stereocenters. The lowest BCUT2D eigenvalue weighted by atomic mass is 9.76. The quantitative estimate of drug-likeness (QED) is 0.513. The molecule has 1 aliphatic rings. The molecule has 2 aromatic carbocycles. The van der Waals surface area contributed by atoms with Crippen LogP contribution in [-0.4, -0.2) is 43.5 Å². The van der Waals surface area contributed by atoms with Crippen LogP contribution in [-0.2, 0) is 14.0 Å². The van der Waals surface area contributed by atoms with Gasteiger partial charge in [0.05, 0.1) is 12.6 Å². The van der Waals surface area contributed by atoms with Crippen molar-refractivity contribution in [2.45, 2.75) is 84.9 Å². The van der Waals surface area contributed by atoms with Gasteiger partial charge in [-0.25, -0.2) is 9.69 Å². The molecule has 35 heavy (non-hydrogen) atoms. The number of rotatable bonds is 5. The Labute approximate surface area is 212 Å². The summed E-state index contributed by atoms with van der Waals surface area (Å²) in [6.45, 7) is 16.6. The molecule has 1 aliphatic heterocycles. The third-order valence-electron chi connectivity index (χ3n) is 6.93. The first-order valence-corrected chi connectivity index (χ1v) is 14.4. The molecular formula is C29H41NO4Si. The number of ether oxygens (including phenoxy) is 1. The van der Waals surface area contributed by atoms with E-state index >= 15 is 0 Å². The van der Waals surface area contributed by atoms with Gasteiger partial charge in [-0.15, -0.1) is 0 Å². The Morgan fingerprint density at radius 1 is 0.943 bits per heavy atom. The average Bonchev–Trinajstić information content (AvgIpc) is 2.76. The molecular weight excluding hydrogens is 454 g/mol. The molecule has 2 aromatic rings. The number of benzene rings is 2. The molecule has 0 aromatic heterocycles. The van der Waals surface area contributed by atoms with Crippen molar-refractivity contribution in [3.8, 4) is 0 Å². The number of hydrogen-bond donors (Lipinski definition) is 0. The lowest BCUT2D eigenvalue weighted by Gasteiger charge is -2.48. The molecule has 1 unspecified atom stereocenters. The Morgan fingerprint density at radius 3 is 1.86 bits per heavy atom. The Hall–Kier alpha value is -2.44. The summed E-state index contributed by atoms with van der Waals surface area (Å²) < 4.78 is 12.8. The van der Waals surface area contributed by atoms with Gasteiger partial charge in [0.25, 0.3) is 8.32 Å². The minimum atomic E-state index is -2.82. The van der Waals surface area contributed by atoms with Gasteiger partial charge in [0, 0.05) is 6.42 Å². The van der Waals surface area contributed by atoms with Gasteiger partial charge in [-0.3, -0.25) is 4.79 Å². The summed E-state index contributed by atoms with van der Waals surface area (Å²) in [4.78, 5) is 27.6. The highest BCUT2D eigenvalue weighted by atomic mass is 28.4. The van der Waals surface area contributed by atoms with Crippen molar-refractivity contribution in [1.29, 1.82) is 0 Å². The lowest BCUT2D eigenvalue weighted by Crippen LogP contribution is -2.68. The SMILES string of the molecule is CC(C)(C)OC(=O)N1C(=O)CCC(C)(C)C1CO[Si](c1ccccc1)(c1ccccc1)C(C)(C)C. The topological polar surface area (TPSA) is 55.8 Å². The minimum Gasteiger partial charge on any atom is -0.443 e. The van der Waals surface area contributed by atoms with E-state index in [2.05, 4.69) is 83.1 Å². The third kappa shape index (κ3) is 5.70. The monoisotopic (exact) mass is 495 g/mol. The summed E-state index contributed by atoms with van der Waals surface area (Å²) in [5.41, 5.74) is -1.00. The average molecular weight is 496 g/mol. The zero-order chi connectivity index (χ0) is 26.1. The number of carbonyl (C=O) groups excluding carboxylic acids is 2. The van der Waals surface area contributed by atoms with Crippen molar-refractivity contribution in [1.82, 2.24) is 4.90 Å². The highest BCUT2D eigenvalue weighted by Crippen LogP contribution is 2.40. The number of likely N-dealkylation sites (tertiary alicyclic amines) is 1. The van der Waals surface area contributed by atoms with E-state index in [1.165, 1.54) is 15.3 Å². The molecule has 6 heteroatoms. The molecule has 0 N–H and O–H groups in total. The molecule has 0 bridgehead atoms. The van der Waals surface area contributed by atoms with Crippen molar-refractivity contribution in [2.24, 2.45) is 5.41 Å². The maximum absolute atomic E-state index is 13.2. The highest BCUT2D eigenvalue weighted by Gasteiger charge is 2.53. The van der Waals surface area contributed by atoms with E-state index in [9.17, 15) is 9.59 Å². The van der Waals surface area contributed by atoms with Crippen LogP contribution in [0, 0.1) is 5.41 Å². The van der Waals surface area contributed by atoms with Crippen LogP contribution in [0.15, 0.2) is 60.7 Å². The van der Waals surface area contributed by atoms with Gasteiger partial charge in [0.15, 0.2) is 0 Å². The molecule has 5 nitrogen and oxygen atoms in total. The Bertz CT molecular complexity index is 983. The smallest absolute Gasteiger partial charge is 0.417 e. The normalized spacial score (nSPS) is 18.9. The fraction of sp³-hybridized carbons (Fsp3) is 0.517. The van der Waals surface area contributed by atoms with E-state index in [-0.39, 0.29) is 23.0 Å². The van der Waals surface area contributed by atoms with Gasteiger partial charge in [0.2, 0.25) is 5.91 Å². The number of amides is 2. The second kappa shape index (κ2) is 9.90. The van der Waals surface area contributed by atoms with Crippen molar-refractivity contribution >= 4 is 30.7 Å². The van der Waals surface area contributed by atoms with Gasteiger partial charge >= 0.3 is 6.09 Å². The zero-order valence-corrected chi connectivity index (χ0v) is 23.6. The Kier molecular flexibility index (Phi) is 7.68. The Balaban J connectivity index is 2.09.